The minimum atomic E-state index is -0.517. The monoisotopic (exact) mass is 340 g/mol. The number of rotatable bonds is 5. The molecule has 1 aromatic carbocycles. The van der Waals surface area contributed by atoms with Crippen molar-refractivity contribution in [2.75, 3.05) is 26.2 Å². The number of pyridine rings is 1. The summed E-state index contributed by atoms with van der Waals surface area (Å²) < 4.78 is 7.59. The zero-order chi connectivity index (χ0) is 17.2. The lowest BCUT2D eigenvalue weighted by Crippen LogP contribution is -2.49. The summed E-state index contributed by atoms with van der Waals surface area (Å²) in [4.78, 5) is 14.4. The van der Waals surface area contributed by atoms with Gasteiger partial charge in [0.05, 0.1) is 0 Å². The van der Waals surface area contributed by atoms with Crippen LogP contribution in [0.25, 0.3) is 0 Å². The Morgan fingerprint density at radius 3 is 2.76 bits per heavy atom. The molecule has 5 heteroatoms. The minimum absolute atomic E-state index is 0.108. The molecule has 3 heterocycles. The Bertz CT molecular complexity index is 774. The summed E-state index contributed by atoms with van der Waals surface area (Å²) in [5.41, 5.74) is 1.25. The molecule has 1 N–H and O–H groups in total. The van der Waals surface area contributed by atoms with Gasteiger partial charge in [0.25, 0.3) is 5.56 Å². The van der Waals surface area contributed by atoms with Crippen LogP contribution in [0.2, 0.25) is 0 Å². The molecule has 1 aromatic heterocycles. The van der Waals surface area contributed by atoms with E-state index in [1.54, 1.807) is 6.07 Å². The van der Waals surface area contributed by atoms with Crippen molar-refractivity contribution >= 4 is 0 Å². The average Bonchev–Trinajstić information content (AvgIpc) is 2.62. The summed E-state index contributed by atoms with van der Waals surface area (Å²) in [5, 5.41) is 10.3. The third-order valence-corrected chi connectivity index (χ3v) is 5.21. The predicted octanol–water partition coefficient (Wildman–Crippen LogP) is 1.71. The number of aliphatic hydroxyl groups is 1. The maximum Gasteiger partial charge on any atom is 0.250 e. The summed E-state index contributed by atoms with van der Waals surface area (Å²) in [5.74, 6) is 1.64. The van der Waals surface area contributed by atoms with E-state index >= 15 is 0 Å². The number of β-amino-alcohol motifs (C(OH)–C–C–N with tert-alkyl or cyclic N) is 1. The molecule has 132 valence electrons. The molecule has 5 nitrogen and oxygen atoms in total. The van der Waals surface area contributed by atoms with Gasteiger partial charge in [0.1, 0.15) is 18.5 Å². The molecule has 0 unspecified atom stereocenters. The van der Waals surface area contributed by atoms with Crippen LogP contribution in [0.4, 0.5) is 0 Å². The molecular weight excluding hydrogens is 316 g/mol. The van der Waals surface area contributed by atoms with Crippen molar-refractivity contribution in [1.29, 1.82) is 0 Å². The van der Waals surface area contributed by atoms with Crippen LogP contribution in [0.3, 0.4) is 0 Å². The predicted molar refractivity (Wildman–Crippen MR) is 95.9 cm³/mol. The van der Waals surface area contributed by atoms with Crippen LogP contribution >= 0.6 is 0 Å². The van der Waals surface area contributed by atoms with Gasteiger partial charge in [0.2, 0.25) is 0 Å². The van der Waals surface area contributed by atoms with Gasteiger partial charge < -0.3 is 14.4 Å². The molecule has 0 amide bonds. The first-order valence-electron chi connectivity index (χ1n) is 8.97. The van der Waals surface area contributed by atoms with Crippen LogP contribution in [0, 0.1) is 5.92 Å². The molecule has 0 radical (unpaired) electrons. The lowest BCUT2D eigenvalue weighted by molar-refractivity contribution is 0.0384. The highest BCUT2D eigenvalue weighted by molar-refractivity contribution is 5.21. The van der Waals surface area contributed by atoms with Gasteiger partial charge in [0.15, 0.2) is 0 Å². The zero-order valence-corrected chi connectivity index (χ0v) is 14.3. The van der Waals surface area contributed by atoms with Crippen molar-refractivity contribution in [3.8, 4) is 5.75 Å². The normalized spacial score (nSPS) is 23.7. The van der Waals surface area contributed by atoms with E-state index in [0.717, 1.165) is 37.5 Å². The smallest absolute Gasteiger partial charge is 0.250 e. The second kappa shape index (κ2) is 7.02. The van der Waals surface area contributed by atoms with Crippen LogP contribution in [-0.2, 0) is 6.54 Å². The highest BCUT2D eigenvalue weighted by Crippen LogP contribution is 2.34. The molecule has 0 aliphatic carbocycles. The fraction of sp³-hybridized carbons (Fsp3) is 0.450. The highest BCUT2D eigenvalue weighted by Gasteiger charge is 2.34. The topological polar surface area (TPSA) is 54.7 Å². The molecule has 4 rings (SSSR count). The highest BCUT2D eigenvalue weighted by atomic mass is 16.5. The van der Waals surface area contributed by atoms with Crippen molar-refractivity contribution in [3.05, 3.63) is 64.6 Å². The van der Waals surface area contributed by atoms with Crippen molar-refractivity contribution in [3.63, 3.8) is 0 Å². The number of hydrogen-bond acceptors (Lipinski definition) is 4. The molecule has 0 spiro atoms. The molecule has 2 aliphatic rings. The first kappa shape index (κ1) is 16.4. The average molecular weight is 340 g/mol. The first-order chi connectivity index (χ1) is 12.2. The van der Waals surface area contributed by atoms with Gasteiger partial charge in [-0.2, -0.15) is 0 Å². The van der Waals surface area contributed by atoms with Gasteiger partial charge in [-0.05, 0) is 30.5 Å². The zero-order valence-electron chi connectivity index (χ0n) is 14.3. The Balaban J connectivity index is 1.36. The number of piperidine rings is 1. The van der Waals surface area contributed by atoms with E-state index in [-0.39, 0.29) is 5.56 Å². The molecule has 2 aliphatic heterocycles. The number of benzene rings is 1. The Kier molecular flexibility index (Phi) is 4.59. The number of nitrogens with zero attached hydrogens (tertiary/aromatic N) is 2. The maximum absolute atomic E-state index is 12.1. The molecule has 2 aromatic rings. The van der Waals surface area contributed by atoms with E-state index in [1.165, 1.54) is 0 Å². The van der Waals surface area contributed by atoms with Gasteiger partial charge in [-0.3, -0.25) is 9.69 Å². The number of fused-ring (bicyclic) bond motifs is 4. The fourth-order valence-corrected chi connectivity index (χ4v) is 4.20. The largest absolute Gasteiger partial charge is 0.491 e. The van der Waals surface area contributed by atoms with E-state index in [4.69, 9.17) is 4.74 Å². The van der Waals surface area contributed by atoms with Gasteiger partial charge in [0, 0.05) is 43.9 Å². The molecular formula is C20H24N2O3. The maximum atomic E-state index is 12.1. The third kappa shape index (κ3) is 3.62. The SMILES string of the molecule is O=c1cccc2n1C[C@H]1C[C@H]2CN(C[C@@H](O)COc2ccccc2)C1. The molecule has 2 bridgehead atoms. The Labute approximate surface area is 147 Å². The lowest BCUT2D eigenvalue weighted by Gasteiger charge is -2.43. The molecule has 25 heavy (non-hydrogen) atoms. The number of hydrogen-bond donors (Lipinski definition) is 1. The van der Waals surface area contributed by atoms with Crippen LogP contribution in [-0.4, -0.2) is 46.9 Å². The molecule has 3 atom stereocenters. The Hall–Kier alpha value is -2.11. The lowest BCUT2D eigenvalue weighted by atomic mass is 9.83. The van der Waals surface area contributed by atoms with Crippen LogP contribution in [0.15, 0.2) is 53.3 Å². The molecule has 0 saturated carbocycles. The van der Waals surface area contributed by atoms with E-state index in [9.17, 15) is 9.90 Å². The minimum Gasteiger partial charge on any atom is -0.491 e. The summed E-state index contributed by atoms with van der Waals surface area (Å²) in [7, 11) is 0. The second-order valence-corrected chi connectivity index (χ2v) is 7.19. The number of ether oxygens (including phenoxy) is 1. The summed E-state index contributed by atoms with van der Waals surface area (Å²) in [6.45, 7) is 3.52. The number of aliphatic hydroxyl groups excluding tert-OH is 1. The van der Waals surface area contributed by atoms with Gasteiger partial charge >= 0.3 is 0 Å². The van der Waals surface area contributed by atoms with Crippen molar-refractivity contribution < 1.29 is 9.84 Å². The second-order valence-electron chi connectivity index (χ2n) is 7.19. The van der Waals surface area contributed by atoms with E-state index in [2.05, 4.69) is 11.0 Å². The van der Waals surface area contributed by atoms with E-state index in [0.29, 0.717) is 25.0 Å². The Morgan fingerprint density at radius 1 is 1.08 bits per heavy atom. The van der Waals surface area contributed by atoms with Gasteiger partial charge in [-0.15, -0.1) is 0 Å². The van der Waals surface area contributed by atoms with Gasteiger partial charge in [-0.25, -0.2) is 0 Å². The van der Waals surface area contributed by atoms with Crippen LogP contribution in [0.5, 0.6) is 5.75 Å². The van der Waals surface area contributed by atoms with Crippen LogP contribution < -0.4 is 10.3 Å². The summed E-state index contributed by atoms with van der Waals surface area (Å²) in [6.07, 6.45) is 0.619. The van der Waals surface area contributed by atoms with E-state index in [1.807, 2.05) is 41.0 Å². The summed E-state index contributed by atoms with van der Waals surface area (Å²) >= 11 is 0. The summed E-state index contributed by atoms with van der Waals surface area (Å²) in [6, 6.07) is 15.2. The first-order valence-corrected chi connectivity index (χ1v) is 8.97. The van der Waals surface area contributed by atoms with Crippen molar-refractivity contribution in [2.24, 2.45) is 5.92 Å². The fourth-order valence-electron chi connectivity index (χ4n) is 4.20. The quantitative estimate of drug-likeness (QED) is 0.900. The van der Waals surface area contributed by atoms with Crippen molar-refractivity contribution in [1.82, 2.24) is 9.47 Å². The molecule has 1 fully saturated rings. The third-order valence-electron chi connectivity index (χ3n) is 5.21. The van der Waals surface area contributed by atoms with E-state index < -0.39 is 6.10 Å². The number of likely N-dealkylation sites (tertiary alicyclic amines) is 1. The molecule has 1 saturated heterocycles. The Morgan fingerprint density at radius 2 is 1.92 bits per heavy atom. The van der Waals surface area contributed by atoms with Gasteiger partial charge in [-0.1, -0.05) is 24.3 Å². The standard InChI is InChI=1S/C20H24N2O3/c23-17(14-25-18-5-2-1-3-6-18)13-21-10-15-9-16(12-21)19-7-4-8-20(24)22(19)11-15/h1-8,15-17,23H,9-14H2/t15-,16-,17+/m0/s1. The number of aromatic nitrogens is 1. The van der Waals surface area contributed by atoms with Crippen molar-refractivity contribution in [2.45, 2.75) is 25.0 Å². The number of para-hydroxylation sites is 1. The van der Waals surface area contributed by atoms with Crippen LogP contribution in [0.1, 0.15) is 18.0 Å².